The van der Waals surface area contributed by atoms with Gasteiger partial charge in [-0.15, -0.1) is 0 Å². The number of hydrogen-bond acceptors (Lipinski definition) is 2. The first-order chi connectivity index (χ1) is 4.52. The summed E-state index contributed by atoms with van der Waals surface area (Å²) < 4.78 is 0. The van der Waals surface area contributed by atoms with Gasteiger partial charge >= 0.3 is 0 Å². The van der Waals surface area contributed by atoms with Crippen LogP contribution in [0.1, 0.15) is 13.8 Å². The van der Waals surface area contributed by atoms with Gasteiger partial charge in [0, 0.05) is 0 Å². The first kappa shape index (κ1) is 8.88. The molecule has 0 bridgehead atoms. The highest BCUT2D eigenvalue weighted by Gasteiger charge is 2.16. The minimum absolute atomic E-state index is 0.336. The fraction of sp³-hybridized carbons (Fsp3) is 0.429. The van der Waals surface area contributed by atoms with E-state index in [9.17, 15) is 9.59 Å². The molecule has 0 aromatic carbocycles. The number of carbonyl (C=O) groups excluding carboxylic acids is 2. The maximum Gasteiger partial charge on any atom is 0.244 e. The number of nitrogens with one attached hydrogen (secondary N) is 1. The van der Waals surface area contributed by atoms with Crippen molar-refractivity contribution in [1.82, 2.24) is 5.32 Å². The molecule has 56 valence electrons. The van der Waals surface area contributed by atoms with Crippen LogP contribution in [0.25, 0.3) is 0 Å². The van der Waals surface area contributed by atoms with E-state index in [0.717, 1.165) is 6.08 Å². The Labute approximate surface area is 60.1 Å². The summed E-state index contributed by atoms with van der Waals surface area (Å²) in [6.45, 7) is 6.48. The van der Waals surface area contributed by atoms with Crippen molar-refractivity contribution in [3.8, 4) is 0 Å². The van der Waals surface area contributed by atoms with Gasteiger partial charge in [0.05, 0.1) is 5.54 Å². The van der Waals surface area contributed by atoms with Crippen molar-refractivity contribution in [2.24, 2.45) is 0 Å². The molecule has 0 saturated carbocycles. The SMILES string of the molecule is C=CC(=O)NC(C)(C)C=O. The second kappa shape index (κ2) is 3.15. The van der Waals surface area contributed by atoms with E-state index >= 15 is 0 Å². The summed E-state index contributed by atoms with van der Waals surface area (Å²) in [7, 11) is 0. The lowest BCUT2D eigenvalue weighted by atomic mass is 10.1. The van der Waals surface area contributed by atoms with E-state index in [2.05, 4.69) is 11.9 Å². The van der Waals surface area contributed by atoms with E-state index in [1.807, 2.05) is 0 Å². The molecule has 0 heterocycles. The van der Waals surface area contributed by atoms with Crippen LogP contribution in [0, 0.1) is 0 Å². The van der Waals surface area contributed by atoms with E-state index in [1.54, 1.807) is 13.8 Å². The molecule has 3 heteroatoms. The average Bonchev–Trinajstić information content (AvgIpc) is 1.87. The second-order valence-electron chi connectivity index (χ2n) is 2.53. The maximum atomic E-state index is 10.6. The van der Waals surface area contributed by atoms with Gasteiger partial charge in [0.15, 0.2) is 0 Å². The highest BCUT2D eigenvalue weighted by atomic mass is 16.2. The largest absolute Gasteiger partial charge is 0.341 e. The molecule has 10 heavy (non-hydrogen) atoms. The van der Waals surface area contributed by atoms with E-state index in [0.29, 0.717) is 6.29 Å². The van der Waals surface area contributed by atoms with Gasteiger partial charge in [-0.1, -0.05) is 6.58 Å². The zero-order chi connectivity index (χ0) is 8.20. The summed E-state index contributed by atoms with van der Waals surface area (Å²) in [5.74, 6) is -0.336. The van der Waals surface area contributed by atoms with Crippen LogP contribution in [-0.4, -0.2) is 17.7 Å². The fourth-order valence-corrected chi connectivity index (χ4v) is 0.398. The molecule has 1 N–H and O–H groups in total. The Bertz CT molecular complexity index is 161. The third kappa shape index (κ3) is 3.02. The van der Waals surface area contributed by atoms with E-state index < -0.39 is 5.54 Å². The summed E-state index contributed by atoms with van der Waals surface area (Å²) >= 11 is 0. The fourth-order valence-electron chi connectivity index (χ4n) is 0.398. The molecule has 0 saturated heterocycles. The van der Waals surface area contributed by atoms with Crippen LogP contribution >= 0.6 is 0 Å². The van der Waals surface area contributed by atoms with Crippen molar-refractivity contribution in [2.45, 2.75) is 19.4 Å². The van der Waals surface area contributed by atoms with Crippen molar-refractivity contribution in [1.29, 1.82) is 0 Å². The van der Waals surface area contributed by atoms with Gasteiger partial charge in [-0.3, -0.25) is 4.79 Å². The first-order valence-corrected chi connectivity index (χ1v) is 2.93. The topological polar surface area (TPSA) is 46.2 Å². The summed E-state index contributed by atoms with van der Waals surface area (Å²) in [6, 6.07) is 0. The molecule has 0 aliphatic heterocycles. The molecule has 0 aromatic rings. The van der Waals surface area contributed by atoms with Crippen LogP contribution in [0.15, 0.2) is 12.7 Å². The van der Waals surface area contributed by atoms with Crippen molar-refractivity contribution in [2.75, 3.05) is 0 Å². The minimum Gasteiger partial charge on any atom is -0.341 e. The number of carbonyl (C=O) groups is 2. The molecule has 0 aromatic heterocycles. The third-order valence-electron chi connectivity index (χ3n) is 0.925. The van der Waals surface area contributed by atoms with Crippen LogP contribution in [-0.2, 0) is 9.59 Å². The minimum atomic E-state index is -0.786. The van der Waals surface area contributed by atoms with E-state index in [4.69, 9.17) is 0 Å². The highest BCUT2D eigenvalue weighted by molar-refractivity contribution is 5.89. The molecule has 0 aliphatic carbocycles. The summed E-state index contributed by atoms with van der Waals surface area (Å²) in [4.78, 5) is 20.8. The van der Waals surface area contributed by atoms with Crippen molar-refractivity contribution < 1.29 is 9.59 Å². The van der Waals surface area contributed by atoms with Gasteiger partial charge in [0.1, 0.15) is 6.29 Å². The smallest absolute Gasteiger partial charge is 0.244 e. The van der Waals surface area contributed by atoms with Crippen molar-refractivity contribution >= 4 is 12.2 Å². The zero-order valence-corrected chi connectivity index (χ0v) is 6.18. The molecule has 0 atom stereocenters. The Balaban J connectivity index is 4.00. The molecule has 0 rings (SSSR count). The lowest BCUT2D eigenvalue weighted by molar-refractivity contribution is -0.122. The Hall–Kier alpha value is -1.12. The Morgan fingerprint density at radius 1 is 1.60 bits per heavy atom. The molecule has 0 aliphatic rings. The van der Waals surface area contributed by atoms with Gasteiger partial charge in [0.2, 0.25) is 5.91 Å². The van der Waals surface area contributed by atoms with Gasteiger partial charge in [-0.2, -0.15) is 0 Å². The Kier molecular flexibility index (Phi) is 2.80. The average molecular weight is 141 g/mol. The lowest BCUT2D eigenvalue weighted by Gasteiger charge is -2.16. The van der Waals surface area contributed by atoms with E-state index in [-0.39, 0.29) is 5.91 Å². The summed E-state index contributed by atoms with van der Waals surface area (Å²) in [5, 5.41) is 2.43. The highest BCUT2D eigenvalue weighted by Crippen LogP contribution is 1.95. The molecule has 0 spiro atoms. The summed E-state index contributed by atoms with van der Waals surface area (Å²) in [6.07, 6.45) is 1.81. The van der Waals surface area contributed by atoms with Gasteiger partial charge < -0.3 is 10.1 Å². The molecule has 1 amide bonds. The predicted molar refractivity (Wildman–Crippen MR) is 38.5 cm³/mol. The second-order valence-corrected chi connectivity index (χ2v) is 2.53. The lowest BCUT2D eigenvalue weighted by Crippen LogP contribution is -2.43. The van der Waals surface area contributed by atoms with Crippen molar-refractivity contribution in [3.63, 3.8) is 0 Å². The monoisotopic (exact) mass is 141 g/mol. The van der Waals surface area contributed by atoms with Crippen LogP contribution in [0.4, 0.5) is 0 Å². The van der Waals surface area contributed by atoms with Crippen LogP contribution in [0.2, 0.25) is 0 Å². The van der Waals surface area contributed by atoms with E-state index in [1.165, 1.54) is 0 Å². The normalized spacial score (nSPS) is 10.2. The molecular weight excluding hydrogens is 130 g/mol. The zero-order valence-electron chi connectivity index (χ0n) is 6.18. The van der Waals surface area contributed by atoms with Crippen LogP contribution < -0.4 is 5.32 Å². The van der Waals surface area contributed by atoms with Gasteiger partial charge in [0.25, 0.3) is 0 Å². The van der Waals surface area contributed by atoms with Crippen LogP contribution in [0.3, 0.4) is 0 Å². The molecule has 3 nitrogen and oxygen atoms in total. The molecular formula is C7H11NO2. The van der Waals surface area contributed by atoms with Crippen molar-refractivity contribution in [3.05, 3.63) is 12.7 Å². The number of amides is 1. The number of rotatable bonds is 3. The Morgan fingerprint density at radius 2 is 2.10 bits per heavy atom. The van der Waals surface area contributed by atoms with Gasteiger partial charge in [-0.25, -0.2) is 0 Å². The first-order valence-electron chi connectivity index (χ1n) is 2.93. The standard InChI is InChI=1S/C7H11NO2/c1-4-6(10)8-7(2,3)5-9/h4-5H,1H2,2-3H3,(H,8,10). The summed E-state index contributed by atoms with van der Waals surface area (Å²) in [5.41, 5.74) is -0.786. The predicted octanol–water partition coefficient (Wildman–Crippen LogP) is 0.266. The quantitative estimate of drug-likeness (QED) is 0.453. The molecule has 0 fully saturated rings. The maximum absolute atomic E-state index is 10.6. The van der Waals surface area contributed by atoms with Gasteiger partial charge in [-0.05, 0) is 19.9 Å². The third-order valence-corrected chi connectivity index (χ3v) is 0.925. The molecule has 0 unspecified atom stereocenters. The van der Waals surface area contributed by atoms with Crippen LogP contribution in [0.5, 0.6) is 0 Å². The number of aldehydes is 1. The Morgan fingerprint density at radius 3 is 2.40 bits per heavy atom. The number of hydrogen-bond donors (Lipinski definition) is 1. The molecule has 0 radical (unpaired) electrons.